The van der Waals surface area contributed by atoms with Crippen molar-refractivity contribution in [2.24, 2.45) is 5.41 Å². The third-order valence-electron chi connectivity index (χ3n) is 3.66. The summed E-state index contributed by atoms with van der Waals surface area (Å²) in [5.41, 5.74) is -0.336. The van der Waals surface area contributed by atoms with Crippen molar-refractivity contribution in [3.8, 4) is 5.69 Å². The third kappa shape index (κ3) is 3.95. The molecule has 2 N–H and O–H groups in total. The fourth-order valence-electron chi connectivity index (χ4n) is 1.99. The second-order valence-electron chi connectivity index (χ2n) is 6.07. The van der Waals surface area contributed by atoms with Gasteiger partial charge in [-0.2, -0.15) is 0 Å². The van der Waals surface area contributed by atoms with E-state index >= 15 is 0 Å². The molecule has 2 aromatic rings. The molecule has 0 unspecified atom stereocenters. The molecular formula is C16H19FN4O3. The second-order valence-corrected chi connectivity index (χ2v) is 6.07. The molecule has 128 valence electrons. The minimum atomic E-state index is -0.926. The summed E-state index contributed by atoms with van der Waals surface area (Å²) in [6.07, 6.45) is 0.283. The maximum absolute atomic E-state index is 13.0. The Balaban J connectivity index is 2.05. The first-order valence-corrected chi connectivity index (χ1v) is 7.42. The number of aliphatic carboxylic acids is 1. The lowest BCUT2D eigenvalue weighted by Crippen LogP contribution is -2.32. The SMILES string of the molecule is Cc1nc(C(=O)NCCC(C)(C)C(=O)O)nn1-c1ccc(F)cc1. The van der Waals surface area contributed by atoms with Crippen LogP contribution in [0.1, 0.15) is 36.7 Å². The number of aromatic nitrogens is 3. The molecule has 0 bridgehead atoms. The summed E-state index contributed by atoms with van der Waals surface area (Å²) in [5.74, 6) is -1.32. The number of aryl methyl sites for hydroxylation is 1. The van der Waals surface area contributed by atoms with Crippen molar-refractivity contribution in [3.05, 3.63) is 41.7 Å². The highest BCUT2D eigenvalue weighted by Gasteiger charge is 2.27. The zero-order valence-electron chi connectivity index (χ0n) is 13.7. The van der Waals surface area contributed by atoms with E-state index in [9.17, 15) is 14.0 Å². The Kier molecular flexibility index (Phi) is 4.96. The lowest BCUT2D eigenvalue weighted by Gasteiger charge is -2.18. The number of hydrogen-bond donors (Lipinski definition) is 2. The number of nitrogens with zero attached hydrogens (tertiary/aromatic N) is 3. The van der Waals surface area contributed by atoms with Crippen LogP contribution in [0.4, 0.5) is 4.39 Å². The smallest absolute Gasteiger partial charge is 0.309 e. The minimum absolute atomic E-state index is 0.0232. The Morgan fingerprint density at radius 2 is 1.92 bits per heavy atom. The van der Waals surface area contributed by atoms with E-state index in [4.69, 9.17) is 5.11 Å². The van der Waals surface area contributed by atoms with Gasteiger partial charge in [-0.15, -0.1) is 5.10 Å². The molecule has 0 aliphatic carbocycles. The monoisotopic (exact) mass is 334 g/mol. The molecule has 1 aromatic heterocycles. The predicted octanol–water partition coefficient (Wildman–Crippen LogP) is 1.95. The first kappa shape index (κ1) is 17.6. The van der Waals surface area contributed by atoms with Crippen LogP contribution in [0.5, 0.6) is 0 Å². The summed E-state index contributed by atoms with van der Waals surface area (Å²) in [5, 5.41) is 15.8. The summed E-state index contributed by atoms with van der Waals surface area (Å²) in [6.45, 7) is 5.06. The Bertz CT molecular complexity index is 753. The van der Waals surface area contributed by atoms with E-state index in [1.54, 1.807) is 20.8 Å². The van der Waals surface area contributed by atoms with Gasteiger partial charge < -0.3 is 10.4 Å². The summed E-state index contributed by atoms with van der Waals surface area (Å²) in [6, 6.07) is 5.66. The number of carboxylic acid groups (broad SMARTS) is 1. The standard InChI is InChI=1S/C16H19FN4O3/c1-10-19-13(14(22)18-9-8-16(2,3)15(23)24)20-21(10)12-6-4-11(17)5-7-12/h4-7H,8-9H2,1-3H3,(H,18,22)(H,23,24). The predicted molar refractivity (Wildman–Crippen MR) is 84.4 cm³/mol. The van der Waals surface area contributed by atoms with Gasteiger partial charge in [0.2, 0.25) is 5.82 Å². The van der Waals surface area contributed by atoms with Crippen LogP contribution in [0.15, 0.2) is 24.3 Å². The number of carbonyl (C=O) groups is 2. The topological polar surface area (TPSA) is 97.1 Å². The highest BCUT2D eigenvalue weighted by Crippen LogP contribution is 2.19. The Morgan fingerprint density at radius 1 is 1.29 bits per heavy atom. The number of carboxylic acids is 1. The minimum Gasteiger partial charge on any atom is -0.481 e. The number of carbonyl (C=O) groups excluding carboxylic acids is 1. The molecule has 1 heterocycles. The van der Waals surface area contributed by atoms with Gasteiger partial charge in [-0.05, 0) is 51.5 Å². The van der Waals surface area contributed by atoms with Crippen LogP contribution in [-0.2, 0) is 4.79 Å². The Morgan fingerprint density at radius 3 is 2.50 bits per heavy atom. The van der Waals surface area contributed by atoms with Crippen LogP contribution < -0.4 is 5.32 Å². The van der Waals surface area contributed by atoms with Crippen LogP contribution in [0.2, 0.25) is 0 Å². The van der Waals surface area contributed by atoms with Crippen molar-refractivity contribution in [1.29, 1.82) is 0 Å². The highest BCUT2D eigenvalue weighted by atomic mass is 19.1. The third-order valence-corrected chi connectivity index (χ3v) is 3.66. The van der Waals surface area contributed by atoms with Crippen molar-refractivity contribution >= 4 is 11.9 Å². The summed E-state index contributed by atoms with van der Waals surface area (Å²) >= 11 is 0. The number of nitrogens with one attached hydrogen (secondary N) is 1. The molecule has 1 amide bonds. The maximum Gasteiger partial charge on any atom is 0.309 e. The largest absolute Gasteiger partial charge is 0.481 e. The van der Waals surface area contributed by atoms with Gasteiger partial charge in [0.15, 0.2) is 0 Å². The zero-order valence-corrected chi connectivity index (χ0v) is 13.7. The van der Waals surface area contributed by atoms with Crippen LogP contribution in [0.3, 0.4) is 0 Å². The summed E-state index contributed by atoms with van der Waals surface area (Å²) in [4.78, 5) is 27.2. The molecule has 1 aromatic carbocycles. The fourth-order valence-corrected chi connectivity index (χ4v) is 1.99. The fraction of sp³-hybridized carbons (Fsp3) is 0.375. The summed E-state index contributed by atoms with van der Waals surface area (Å²) < 4.78 is 14.4. The van der Waals surface area contributed by atoms with Gasteiger partial charge in [0.25, 0.3) is 5.91 Å². The van der Waals surface area contributed by atoms with Gasteiger partial charge in [-0.1, -0.05) is 0 Å². The first-order valence-electron chi connectivity index (χ1n) is 7.42. The number of rotatable bonds is 6. The molecule has 0 fully saturated rings. The summed E-state index contributed by atoms with van der Waals surface area (Å²) in [7, 11) is 0. The number of halogens is 1. The molecule has 0 saturated heterocycles. The lowest BCUT2D eigenvalue weighted by atomic mass is 9.90. The van der Waals surface area contributed by atoms with E-state index in [1.165, 1.54) is 28.9 Å². The van der Waals surface area contributed by atoms with E-state index in [-0.39, 0.29) is 24.6 Å². The van der Waals surface area contributed by atoms with Gasteiger partial charge in [0.1, 0.15) is 11.6 Å². The van der Waals surface area contributed by atoms with Crippen LogP contribution in [-0.4, -0.2) is 38.3 Å². The van der Waals surface area contributed by atoms with Gasteiger partial charge in [0, 0.05) is 6.54 Å². The maximum atomic E-state index is 13.0. The van der Waals surface area contributed by atoms with Gasteiger partial charge in [-0.25, -0.2) is 14.1 Å². The molecule has 2 rings (SSSR count). The molecule has 0 radical (unpaired) electrons. The normalized spacial score (nSPS) is 11.3. The van der Waals surface area contributed by atoms with Crippen LogP contribution in [0, 0.1) is 18.2 Å². The van der Waals surface area contributed by atoms with E-state index < -0.39 is 17.3 Å². The van der Waals surface area contributed by atoms with E-state index in [0.717, 1.165) is 0 Å². The molecule has 0 aliphatic rings. The molecule has 0 atom stereocenters. The second kappa shape index (κ2) is 6.77. The van der Waals surface area contributed by atoms with Crippen molar-refractivity contribution in [3.63, 3.8) is 0 Å². The Hall–Kier alpha value is -2.77. The number of benzene rings is 1. The molecule has 0 saturated carbocycles. The molecule has 7 nitrogen and oxygen atoms in total. The van der Waals surface area contributed by atoms with Gasteiger partial charge in [-0.3, -0.25) is 9.59 Å². The van der Waals surface area contributed by atoms with E-state index in [0.29, 0.717) is 11.5 Å². The number of amides is 1. The quantitative estimate of drug-likeness (QED) is 0.841. The average molecular weight is 334 g/mol. The van der Waals surface area contributed by atoms with Crippen molar-refractivity contribution < 1.29 is 19.1 Å². The van der Waals surface area contributed by atoms with Crippen molar-refractivity contribution in [2.45, 2.75) is 27.2 Å². The average Bonchev–Trinajstić information content (AvgIpc) is 2.89. The van der Waals surface area contributed by atoms with Gasteiger partial charge in [0.05, 0.1) is 11.1 Å². The van der Waals surface area contributed by atoms with Crippen molar-refractivity contribution in [1.82, 2.24) is 20.1 Å². The molecular weight excluding hydrogens is 315 g/mol. The van der Waals surface area contributed by atoms with Crippen LogP contribution in [0.25, 0.3) is 5.69 Å². The first-order chi connectivity index (χ1) is 11.2. The Labute approximate surface area is 138 Å². The molecule has 0 aliphatic heterocycles. The number of hydrogen-bond acceptors (Lipinski definition) is 4. The van der Waals surface area contributed by atoms with Crippen LogP contribution >= 0.6 is 0 Å². The highest BCUT2D eigenvalue weighted by molar-refractivity contribution is 5.90. The zero-order chi connectivity index (χ0) is 17.9. The van der Waals surface area contributed by atoms with Gasteiger partial charge >= 0.3 is 5.97 Å². The van der Waals surface area contributed by atoms with E-state index in [1.807, 2.05) is 0 Å². The molecule has 8 heteroatoms. The van der Waals surface area contributed by atoms with E-state index in [2.05, 4.69) is 15.4 Å². The lowest BCUT2D eigenvalue weighted by molar-refractivity contribution is -0.147. The van der Waals surface area contributed by atoms with Crippen molar-refractivity contribution in [2.75, 3.05) is 6.54 Å². The molecule has 0 spiro atoms. The molecule has 24 heavy (non-hydrogen) atoms.